The normalized spacial score (nSPS) is 11.1. The summed E-state index contributed by atoms with van der Waals surface area (Å²) in [6.07, 6.45) is 0.688. The minimum atomic E-state index is -3.60. The van der Waals surface area contributed by atoms with Gasteiger partial charge in [0.2, 0.25) is 10.0 Å². The van der Waals surface area contributed by atoms with E-state index in [-0.39, 0.29) is 9.92 Å². The van der Waals surface area contributed by atoms with Gasteiger partial charge in [-0.25, -0.2) is 13.1 Å². The Morgan fingerprint density at radius 1 is 1.47 bits per heavy atom. The molecule has 7 heteroatoms. The molecule has 1 rings (SSSR count). The number of benzene rings is 1. The van der Waals surface area contributed by atoms with Crippen LogP contribution in [-0.4, -0.2) is 20.3 Å². The van der Waals surface area contributed by atoms with E-state index in [0.717, 1.165) is 5.33 Å². The zero-order valence-corrected chi connectivity index (χ0v) is 11.9. The van der Waals surface area contributed by atoms with Crippen LogP contribution in [0.2, 0.25) is 5.02 Å². The summed E-state index contributed by atoms with van der Waals surface area (Å²) in [5, 5.41) is 9.42. The van der Waals surface area contributed by atoms with Crippen molar-refractivity contribution in [3.05, 3.63) is 28.8 Å². The average Bonchev–Trinajstić information content (AvgIpc) is 2.28. The summed E-state index contributed by atoms with van der Waals surface area (Å²) < 4.78 is 26.1. The van der Waals surface area contributed by atoms with Crippen LogP contribution in [0, 0.1) is 11.3 Å². The van der Waals surface area contributed by atoms with Gasteiger partial charge in [0.1, 0.15) is 4.90 Å². The zero-order chi connectivity index (χ0) is 12.9. The number of halogens is 2. The lowest BCUT2D eigenvalue weighted by Crippen LogP contribution is -2.25. The van der Waals surface area contributed by atoms with Gasteiger partial charge in [0, 0.05) is 11.9 Å². The second kappa shape index (κ2) is 6.36. The van der Waals surface area contributed by atoms with E-state index in [1.165, 1.54) is 18.2 Å². The molecule has 0 aromatic heterocycles. The largest absolute Gasteiger partial charge is 0.242 e. The third-order valence-electron chi connectivity index (χ3n) is 1.95. The highest BCUT2D eigenvalue weighted by atomic mass is 79.9. The summed E-state index contributed by atoms with van der Waals surface area (Å²) in [6.45, 7) is 0.337. The standard InChI is InChI=1S/C10H10BrClN2O2S/c11-4-1-5-14-17(15,16)10-3-2-8(7-13)6-9(10)12/h2-3,6,14H,1,4-5H2. The van der Waals surface area contributed by atoms with E-state index in [1.54, 1.807) is 0 Å². The second-order valence-corrected chi connectivity index (χ2v) is 6.13. The molecule has 0 aliphatic carbocycles. The molecule has 92 valence electrons. The Labute approximate surface area is 114 Å². The van der Waals surface area contributed by atoms with E-state index in [2.05, 4.69) is 20.7 Å². The first-order chi connectivity index (χ1) is 8.01. The minimum absolute atomic E-state index is 0.00672. The van der Waals surface area contributed by atoms with Crippen LogP contribution in [0.1, 0.15) is 12.0 Å². The van der Waals surface area contributed by atoms with Crippen LogP contribution < -0.4 is 4.72 Å². The Kier molecular flexibility index (Phi) is 5.40. The highest BCUT2D eigenvalue weighted by molar-refractivity contribution is 9.09. The zero-order valence-electron chi connectivity index (χ0n) is 8.78. The van der Waals surface area contributed by atoms with Crippen molar-refractivity contribution in [1.82, 2.24) is 4.72 Å². The number of nitrogens with zero attached hydrogens (tertiary/aromatic N) is 1. The molecule has 0 bridgehead atoms. The molecule has 0 unspecified atom stereocenters. The third kappa shape index (κ3) is 3.96. The molecule has 17 heavy (non-hydrogen) atoms. The molecule has 4 nitrogen and oxygen atoms in total. The number of sulfonamides is 1. The van der Waals surface area contributed by atoms with Gasteiger partial charge in [0.25, 0.3) is 0 Å². The molecule has 0 fully saturated rings. The highest BCUT2D eigenvalue weighted by Gasteiger charge is 2.17. The molecule has 0 spiro atoms. The lowest BCUT2D eigenvalue weighted by molar-refractivity contribution is 0.581. The summed E-state index contributed by atoms with van der Waals surface area (Å²) in [5.74, 6) is 0. The minimum Gasteiger partial charge on any atom is -0.211 e. The van der Waals surface area contributed by atoms with Crippen molar-refractivity contribution in [2.75, 3.05) is 11.9 Å². The molecule has 1 N–H and O–H groups in total. The number of alkyl halides is 1. The predicted octanol–water partition coefficient (Wildman–Crippen LogP) is 2.27. The van der Waals surface area contributed by atoms with Gasteiger partial charge in [-0.05, 0) is 24.6 Å². The molecular formula is C10H10BrClN2O2S. The maximum Gasteiger partial charge on any atom is 0.242 e. The van der Waals surface area contributed by atoms with Gasteiger partial charge in [-0.15, -0.1) is 0 Å². The molecule has 1 aromatic rings. The highest BCUT2D eigenvalue weighted by Crippen LogP contribution is 2.22. The number of hydrogen-bond donors (Lipinski definition) is 1. The summed E-state index contributed by atoms with van der Waals surface area (Å²) >= 11 is 9.04. The van der Waals surface area contributed by atoms with Crippen LogP contribution in [0.4, 0.5) is 0 Å². The molecular weight excluding hydrogens is 328 g/mol. The van der Waals surface area contributed by atoms with E-state index < -0.39 is 10.0 Å². The Hall–Kier alpha value is -0.610. The maximum atomic E-state index is 11.8. The van der Waals surface area contributed by atoms with Crippen molar-refractivity contribution in [1.29, 1.82) is 5.26 Å². The predicted molar refractivity (Wildman–Crippen MR) is 69.8 cm³/mol. The van der Waals surface area contributed by atoms with Crippen molar-refractivity contribution in [3.63, 3.8) is 0 Å². The van der Waals surface area contributed by atoms with E-state index in [9.17, 15) is 8.42 Å². The molecule has 0 atom stereocenters. The van der Waals surface area contributed by atoms with E-state index >= 15 is 0 Å². The fourth-order valence-corrected chi connectivity index (χ4v) is 3.04. The lowest BCUT2D eigenvalue weighted by atomic mass is 10.2. The first-order valence-corrected chi connectivity index (χ1v) is 7.75. The SMILES string of the molecule is N#Cc1ccc(S(=O)(=O)NCCCBr)c(Cl)c1. The van der Waals surface area contributed by atoms with Crippen molar-refractivity contribution >= 4 is 37.6 Å². The van der Waals surface area contributed by atoms with Crippen LogP contribution in [-0.2, 0) is 10.0 Å². The van der Waals surface area contributed by atoms with Crippen molar-refractivity contribution in [2.24, 2.45) is 0 Å². The van der Waals surface area contributed by atoms with Gasteiger partial charge >= 0.3 is 0 Å². The topological polar surface area (TPSA) is 70.0 Å². The number of nitriles is 1. The Morgan fingerprint density at radius 2 is 2.18 bits per heavy atom. The quantitative estimate of drug-likeness (QED) is 0.662. The van der Waals surface area contributed by atoms with Crippen LogP contribution in [0.5, 0.6) is 0 Å². The average molecular weight is 338 g/mol. The van der Waals surface area contributed by atoms with Crippen LogP contribution in [0.3, 0.4) is 0 Å². The Bertz CT molecular complexity index is 540. The van der Waals surface area contributed by atoms with Gasteiger partial charge in [-0.3, -0.25) is 0 Å². The summed E-state index contributed by atoms with van der Waals surface area (Å²) in [7, 11) is -3.60. The summed E-state index contributed by atoms with van der Waals surface area (Å²) in [6, 6.07) is 5.98. The molecule has 0 heterocycles. The third-order valence-corrected chi connectivity index (χ3v) is 4.46. The Morgan fingerprint density at radius 3 is 2.71 bits per heavy atom. The van der Waals surface area contributed by atoms with E-state index in [1.807, 2.05) is 6.07 Å². The molecule has 0 radical (unpaired) electrons. The van der Waals surface area contributed by atoms with Crippen LogP contribution in [0.15, 0.2) is 23.1 Å². The lowest BCUT2D eigenvalue weighted by Gasteiger charge is -2.07. The first kappa shape index (κ1) is 14.5. The maximum absolute atomic E-state index is 11.8. The second-order valence-electron chi connectivity index (χ2n) is 3.20. The van der Waals surface area contributed by atoms with E-state index in [0.29, 0.717) is 18.5 Å². The van der Waals surface area contributed by atoms with Crippen LogP contribution >= 0.6 is 27.5 Å². The smallest absolute Gasteiger partial charge is 0.211 e. The van der Waals surface area contributed by atoms with Gasteiger partial charge in [-0.2, -0.15) is 5.26 Å². The molecule has 0 saturated heterocycles. The molecule has 0 aliphatic heterocycles. The van der Waals surface area contributed by atoms with Gasteiger partial charge in [-0.1, -0.05) is 27.5 Å². The molecule has 0 amide bonds. The van der Waals surface area contributed by atoms with Gasteiger partial charge < -0.3 is 0 Å². The Balaban J connectivity index is 2.96. The number of nitrogens with one attached hydrogen (secondary N) is 1. The molecule has 1 aromatic carbocycles. The fourth-order valence-electron chi connectivity index (χ4n) is 1.14. The monoisotopic (exact) mass is 336 g/mol. The van der Waals surface area contributed by atoms with Crippen molar-refractivity contribution in [2.45, 2.75) is 11.3 Å². The molecule has 0 aliphatic rings. The van der Waals surface area contributed by atoms with Gasteiger partial charge in [0.15, 0.2) is 0 Å². The van der Waals surface area contributed by atoms with Crippen molar-refractivity contribution in [3.8, 4) is 6.07 Å². The number of rotatable bonds is 5. The molecule has 0 saturated carbocycles. The number of hydrogen-bond acceptors (Lipinski definition) is 3. The van der Waals surface area contributed by atoms with Gasteiger partial charge in [0.05, 0.1) is 16.7 Å². The fraction of sp³-hybridized carbons (Fsp3) is 0.300. The van der Waals surface area contributed by atoms with Crippen molar-refractivity contribution < 1.29 is 8.42 Å². The van der Waals surface area contributed by atoms with Crippen LogP contribution in [0.25, 0.3) is 0 Å². The van der Waals surface area contributed by atoms with E-state index in [4.69, 9.17) is 16.9 Å². The summed E-state index contributed by atoms with van der Waals surface area (Å²) in [4.78, 5) is -0.00672. The first-order valence-electron chi connectivity index (χ1n) is 4.76. The summed E-state index contributed by atoms with van der Waals surface area (Å²) in [5.41, 5.74) is 0.328.